The van der Waals surface area contributed by atoms with Crippen LogP contribution in [0.5, 0.6) is 0 Å². The van der Waals surface area contributed by atoms with Crippen LogP contribution in [0.4, 0.5) is 9.59 Å². The van der Waals surface area contributed by atoms with Gasteiger partial charge in [0, 0.05) is 38.3 Å². The van der Waals surface area contributed by atoms with E-state index in [9.17, 15) is 9.59 Å². The summed E-state index contributed by atoms with van der Waals surface area (Å²) in [6.45, 7) is 14.9. The molecule has 150 valence electrons. The van der Waals surface area contributed by atoms with Crippen LogP contribution >= 0.6 is 0 Å². The van der Waals surface area contributed by atoms with Crippen molar-refractivity contribution >= 4 is 12.1 Å². The van der Waals surface area contributed by atoms with Crippen LogP contribution in [-0.2, 0) is 4.74 Å². The summed E-state index contributed by atoms with van der Waals surface area (Å²) in [5.74, 6) is 0. The molecule has 2 aliphatic heterocycles. The van der Waals surface area contributed by atoms with Crippen LogP contribution in [0.3, 0.4) is 0 Å². The van der Waals surface area contributed by atoms with Gasteiger partial charge in [0.25, 0.3) is 0 Å². The summed E-state index contributed by atoms with van der Waals surface area (Å²) >= 11 is 0. The molecule has 1 N–H and O–H groups in total. The highest BCUT2D eigenvalue weighted by Gasteiger charge is 2.31. The highest BCUT2D eigenvalue weighted by atomic mass is 16.6. The van der Waals surface area contributed by atoms with E-state index >= 15 is 0 Å². The Balaban J connectivity index is 1.75. The average Bonchev–Trinajstić information content (AvgIpc) is 2.59. The zero-order valence-electron chi connectivity index (χ0n) is 17.1. The largest absolute Gasteiger partial charge is 0.444 e. The number of piperazine rings is 1. The molecule has 2 heterocycles. The normalized spacial score (nSPS) is 20.0. The minimum atomic E-state index is -0.494. The molecule has 2 fully saturated rings. The molecule has 0 aromatic heterocycles. The second-order valence-electron chi connectivity index (χ2n) is 8.97. The zero-order valence-corrected chi connectivity index (χ0v) is 17.1. The first kappa shape index (κ1) is 20.8. The minimum Gasteiger partial charge on any atom is -0.444 e. The molecule has 0 atom stereocenters. The van der Waals surface area contributed by atoms with E-state index in [0.717, 1.165) is 13.1 Å². The van der Waals surface area contributed by atoms with E-state index in [1.807, 2.05) is 20.8 Å². The molecule has 0 aromatic carbocycles. The van der Waals surface area contributed by atoms with Crippen molar-refractivity contribution in [2.75, 3.05) is 45.8 Å². The number of amides is 3. The van der Waals surface area contributed by atoms with Crippen LogP contribution in [0.25, 0.3) is 0 Å². The summed E-state index contributed by atoms with van der Waals surface area (Å²) in [4.78, 5) is 30.5. The molecule has 0 bridgehead atoms. The van der Waals surface area contributed by atoms with E-state index in [0.29, 0.717) is 32.7 Å². The summed E-state index contributed by atoms with van der Waals surface area (Å²) in [6, 6.07) is -0.0427. The minimum absolute atomic E-state index is 0.0333. The molecule has 7 nitrogen and oxygen atoms in total. The SMILES string of the molecule is CC(C)(C)OC(=O)N1CCN(C(=O)NCC(C)(C)N2CCCCC2)CC1. The summed E-state index contributed by atoms with van der Waals surface area (Å²) in [5.41, 5.74) is -0.528. The van der Waals surface area contributed by atoms with E-state index in [2.05, 4.69) is 24.1 Å². The lowest BCUT2D eigenvalue weighted by atomic mass is 9.98. The van der Waals surface area contributed by atoms with E-state index in [-0.39, 0.29) is 17.7 Å². The van der Waals surface area contributed by atoms with Gasteiger partial charge in [-0.05, 0) is 60.5 Å². The van der Waals surface area contributed by atoms with E-state index in [1.54, 1.807) is 9.80 Å². The third-order valence-corrected chi connectivity index (χ3v) is 5.10. The van der Waals surface area contributed by atoms with Gasteiger partial charge in [0.15, 0.2) is 0 Å². The third kappa shape index (κ3) is 6.04. The number of rotatable bonds is 3. The summed E-state index contributed by atoms with van der Waals surface area (Å²) in [5, 5.41) is 3.08. The first-order valence-electron chi connectivity index (χ1n) is 9.84. The second-order valence-corrected chi connectivity index (χ2v) is 8.97. The Kier molecular flexibility index (Phi) is 6.77. The van der Waals surface area contributed by atoms with Crippen molar-refractivity contribution in [3.05, 3.63) is 0 Å². The maximum Gasteiger partial charge on any atom is 0.410 e. The molecule has 0 radical (unpaired) electrons. The number of urea groups is 1. The topological polar surface area (TPSA) is 65.1 Å². The molecule has 3 amide bonds. The highest BCUT2D eigenvalue weighted by Crippen LogP contribution is 2.20. The molecule has 0 unspecified atom stereocenters. The summed E-state index contributed by atoms with van der Waals surface area (Å²) < 4.78 is 5.39. The molecule has 2 saturated heterocycles. The van der Waals surface area contributed by atoms with Crippen LogP contribution in [0.2, 0.25) is 0 Å². The predicted molar refractivity (Wildman–Crippen MR) is 102 cm³/mol. The van der Waals surface area contributed by atoms with Crippen LogP contribution in [-0.4, -0.2) is 83.8 Å². The number of nitrogens with one attached hydrogen (secondary N) is 1. The van der Waals surface area contributed by atoms with Gasteiger partial charge in [-0.25, -0.2) is 9.59 Å². The van der Waals surface area contributed by atoms with E-state index < -0.39 is 5.60 Å². The Bertz CT molecular complexity index is 488. The number of carbonyl (C=O) groups is 2. The predicted octanol–water partition coefficient (Wildman–Crippen LogP) is 2.51. The lowest BCUT2D eigenvalue weighted by Gasteiger charge is -2.41. The van der Waals surface area contributed by atoms with Crippen LogP contribution in [0.1, 0.15) is 53.9 Å². The first-order chi connectivity index (χ1) is 12.1. The molecule has 0 aromatic rings. The van der Waals surface area contributed by atoms with Crippen molar-refractivity contribution in [1.82, 2.24) is 20.0 Å². The van der Waals surface area contributed by atoms with Gasteiger partial charge in [-0.2, -0.15) is 0 Å². The fourth-order valence-corrected chi connectivity index (χ4v) is 3.43. The van der Waals surface area contributed by atoms with Gasteiger partial charge < -0.3 is 19.9 Å². The molecular formula is C19H36N4O3. The number of hydrogen-bond acceptors (Lipinski definition) is 4. The van der Waals surface area contributed by atoms with Gasteiger partial charge in [0.1, 0.15) is 5.60 Å². The Morgan fingerprint density at radius 2 is 1.38 bits per heavy atom. The van der Waals surface area contributed by atoms with Crippen LogP contribution in [0.15, 0.2) is 0 Å². The Labute approximate surface area is 158 Å². The number of likely N-dealkylation sites (tertiary alicyclic amines) is 1. The molecular weight excluding hydrogens is 332 g/mol. The monoisotopic (exact) mass is 368 g/mol. The maximum absolute atomic E-state index is 12.5. The number of hydrogen-bond donors (Lipinski definition) is 1. The molecule has 26 heavy (non-hydrogen) atoms. The van der Waals surface area contributed by atoms with Crippen LogP contribution < -0.4 is 5.32 Å². The van der Waals surface area contributed by atoms with Gasteiger partial charge in [-0.15, -0.1) is 0 Å². The molecule has 7 heteroatoms. The Morgan fingerprint density at radius 1 is 0.846 bits per heavy atom. The highest BCUT2D eigenvalue weighted by molar-refractivity contribution is 5.75. The zero-order chi connectivity index (χ0) is 19.4. The van der Waals surface area contributed by atoms with E-state index in [1.165, 1.54) is 19.3 Å². The van der Waals surface area contributed by atoms with Crippen molar-refractivity contribution in [1.29, 1.82) is 0 Å². The summed E-state index contributed by atoms with van der Waals surface area (Å²) in [7, 11) is 0. The third-order valence-electron chi connectivity index (χ3n) is 5.10. The molecule has 0 aliphatic carbocycles. The van der Waals surface area contributed by atoms with Gasteiger partial charge in [0.05, 0.1) is 0 Å². The van der Waals surface area contributed by atoms with Crippen molar-refractivity contribution in [3.63, 3.8) is 0 Å². The fourth-order valence-electron chi connectivity index (χ4n) is 3.43. The van der Waals surface area contributed by atoms with Gasteiger partial charge in [-0.3, -0.25) is 4.90 Å². The Hall–Kier alpha value is -1.50. The number of ether oxygens (including phenoxy) is 1. The molecule has 0 saturated carbocycles. The van der Waals surface area contributed by atoms with Crippen molar-refractivity contribution < 1.29 is 14.3 Å². The quantitative estimate of drug-likeness (QED) is 0.831. The van der Waals surface area contributed by atoms with E-state index in [4.69, 9.17) is 4.74 Å². The Morgan fingerprint density at radius 3 is 1.92 bits per heavy atom. The molecule has 2 rings (SSSR count). The summed E-state index contributed by atoms with van der Waals surface area (Å²) in [6.07, 6.45) is 3.48. The first-order valence-corrected chi connectivity index (χ1v) is 9.84. The lowest BCUT2D eigenvalue weighted by Crippen LogP contribution is -2.57. The number of carbonyl (C=O) groups excluding carboxylic acids is 2. The van der Waals surface area contributed by atoms with Crippen molar-refractivity contribution in [2.24, 2.45) is 0 Å². The smallest absolute Gasteiger partial charge is 0.410 e. The fraction of sp³-hybridized carbons (Fsp3) is 0.895. The second kappa shape index (κ2) is 8.46. The number of nitrogens with zero attached hydrogens (tertiary/aromatic N) is 3. The standard InChI is InChI=1S/C19H36N4O3/c1-18(2,3)26-17(25)22-13-11-21(12-14-22)16(24)20-15-19(4,5)23-9-7-6-8-10-23/h6-15H2,1-5H3,(H,20,24). The lowest BCUT2D eigenvalue weighted by molar-refractivity contribution is 0.0168. The number of piperidine rings is 1. The maximum atomic E-state index is 12.5. The van der Waals surface area contributed by atoms with Crippen molar-refractivity contribution in [3.8, 4) is 0 Å². The van der Waals surface area contributed by atoms with Crippen molar-refractivity contribution in [2.45, 2.75) is 65.0 Å². The van der Waals surface area contributed by atoms with Crippen LogP contribution in [0, 0.1) is 0 Å². The average molecular weight is 369 g/mol. The molecule has 2 aliphatic rings. The van der Waals surface area contributed by atoms with Gasteiger partial charge >= 0.3 is 12.1 Å². The molecule has 0 spiro atoms. The van der Waals surface area contributed by atoms with Gasteiger partial charge in [0.2, 0.25) is 0 Å². The van der Waals surface area contributed by atoms with Gasteiger partial charge in [-0.1, -0.05) is 6.42 Å².